The van der Waals surface area contributed by atoms with Gasteiger partial charge in [-0.3, -0.25) is 4.99 Å². The van der Waals surface area contributed by atoms with E-state index in [4.69, 9.17) is 23.8 Å². The van der Waals surface area contributed by atoms with Gasteiger partial charge in [0.2, 0.25) is 0 Å². The third-order valence-electron chi connectivity index (χ3n) is 6.45. The molecule has 0 radical (unpaired) electrons. The molecule has 5 rings (SSSR count). The van der Waals surface area contributed by atoms with Gasteiger partial charge in [0.15, 0.2) is 0 Å². The van der Waals surface area contributed by atoms with E-state index >= 15 is 0 Å². The summed E-state index contributed by atoms with van der Waals surface area (Å²) in [5.41, 5.74) is 2.02. The van der Waals surface area contributed by atoms with Gasteiger partial charge in [0.05, 0.1) is 0 Å². The number of thiocarbonyl (C=S) groups is 1. The van der Waals surface area contributed by atoms with Crippen molar-refractivity contribution in [1.82, 2.24) is 0 Å². The fourth-order valence-electron chi connectivity index (χ4n) is 6.31. The molecule has 1 aromatic rings. The second-order valence-electron chi connectivity index (χ2n) is 8.03. The molecule has 4 aliphatic rings. The minimum absolute atomic E-state index is 0.0568. The second-order valence-corrected chi connectivity index (χ2v) is 8.69. The maximum absolute atomic E-state index is 6.49. The van der Waals surface area contributed by atoms with E-state index in [-0.39, 0.29) is 16.2 Å². The Morgan fingerprint density at radius 2 is 1.95 bits per heavy atom. The number of hydrogen-bond donors (Lipinski definition) is 0. The Kier molecular flexibility index (Phi) is 3.29. The van der Waals surface area contributed by atoms with Crippen molar-refractivity contribution < 1.29 is 0 Å². The minimum atomic E-state index is 0.0568. The molecule has 4 aliphatic carbocycles. The van der Waals surface area contributed by atoms with Crippen LogP contribution >= 0.6 is 23.8 Å². The number of benzene rings is 1. The van der Waals surface area contributed by atoms with E-state index in [0.717, 1.165) is 29.6 Å². The molecule has 116 valence electrons. The Morgan fingerprint density at radius 3 is 2.64 bits per heavy atom. The van der Waals surface area contributed by atoms with Crippen LogP contribution in [-0.2, 0) is 5.41 Å². The van der Waals surface area contributed by atoms with E-state index in [1.54, 1.807) is 0 Å². The van der Waals surface area contributed by atoms with Crippen molar-refractivity contribution >= 4 is 35.5 Å². The zero-order valence-corrected chi connectivity index (χ0v) is 14.4. The van der Waals surface area contributed by atoms with Crippen LogP contribution in [0.1, 0.15) is 44.1 Å². The van der Waals surface area contributed by atoms with Gasteiger partial charge in [-0.1, -0.05) is 42.5 Å². The van der Waals surface area contributed by atoms with Crippen LogP contribution in [-0.4, -0.2) is 17.6 Å². The molecule has 0 aromatic heterocycles. The van der Waals surface area contributed by atoms with Gasteiger partial charge in [0.25, 0.3) is 0 Å². The SMILES string of the molecule is C=NC(=S)C12CC3CC(CCl)(C1)CC(c1ccccc1)(C3)C2. The van der Waals surface area contributed by atoms with Crippen molar-refractivity contribution in [2.24, 2.45) is 21.7 Å². The number of hydrogen-bond acceptors (Lipinski definition) is 1. The molecule has 0 amide bonds. The van der Waals surface area contributed by atoms with Gasteiger partial charge in [-0.05, 0) is 67.6 Å². The van der Waals surface area contributed by atoms with Crippen LogP contribution < -0.4 is 0 Å². The smallest absolute Gasteiger partial charge is 0.108 e. The van der Waals surface area contributed by atoms with Gasteiger partial charge < -0.3 is 0 Å². The number of halogens is 1. The summed E-state index contributed by atoms with van der Waals surface area (Å²) in [5.74, 6) is 1.48. The maximum atomic E-state index is 6.49. The molecule has 3 heteroatoms. The summed E-state index contributed by atoms with van der Waals surface area (Å²) in [6.45, 7) is 3.74. The Morgan fingerprint density at radius 1 is 1.18 bits per heavy atom. The first-order chi connectivity index (χ1) is 10.6. The van der Waals surface area contributed by atoms with Crippen LogP contribution in [0.4, 0.5) is 0 Å². The molecular formula is C19H22ClNS. The van der Waals surface area contributed by atoms with Crippen molar-refractivity contribution in [3.63, 3.8) is 0 Å². The van der Waals surface area contributed by atoms with Gasteiger partial charge in [0.1, 0.15) is 4.99 Å². The summed E-state index contributed by atoms with van der Waals surface area (Å²) in [4.78, 5) is 5.05. The second kappa shape index (κ2) is 4.88. The van der Waals surface area contributed by atoms with Gasteiger partial charge in [-0.15, -0.1) is 11.6 Å². The monoisotopic (exact) mass is 331 g/mol. The van der Waals surface area contributed by atoms with Crippen molar-refractivity contribution in [2.45, 2.75) is 43.9 Å². The Balaban J connectivity index is 1.85. The molecule has 0 N–H and O–H groups in total. The van der Waals surface area contributed by atoms with Gasteiger partial charge >= 0.3 is 0 Å². The van der Waals surface area contributed by atoms with Crippen molar-refractivity contribution in [3.8, 4) is 0 Å². The lowest BCUT2D eigenvalue weighted by atomic mass is 9.39. The average molecular weight is 332 g/mol. The first-order valence-corrected chi connectivity index (χ1v) is 9.12. The lowest BCUT2D eigenvalue weighted by Gasteiger charge is -2.66. The Labute approximate surface area is 143 Å². The topological polar surface area (TPSA) is 12.4 Å². The lowest BCUT2D eigenvalue weighted by molar-refractivity contribution is -0.0845. The highest BCUT2D eigenvalue weighted by molar-refractivity contribution is 7.80. The molecule has 4 saturated carbocycles. The molecule has 4 bridgehead atoms. The molecule has 4 atom stereocenters. The average Bonchev–Trinajstić information content (AvgIpc) is 2.54. The first kappa shape index (κ1) is 14.8. The van der Waals surface area contributed by atoms with E-state index in [2.05, 4.69) is 42.0 Å². The normalized spacial score (nSPS) is 42.3. The number of alkyl halides is 1. The zero-order valence-electron chi connectivity index (χ0n) is 12.9. The fourth-order valence-corrected chi connectivity index (χ4v) is 6.83. The van der Waals surface area contributed by atoms with Crippen LogP contribution in [0.5, 0.6) is 0 Å². The summed E-state index contributed by atoms with van der Waals surface area (Å²) in [5, 5.41) is 0. The predicted octanol–water partition coefficient (Wildman–Crippen LogP) is 5.16. The summed E-state index contributed by atoms with van der Waals surface area (Å²) in [7, 11) is 0. The van der Waals surface area contributed by atoms with Crippen LogP contribution in [0.15, 0.2) is 35.3 Å². The number of nitrogens with zero attached hydrogens (tertiary/aromatic N) is 1. The van der Waals surface area contributed by atoms with Gasteiger partial charge in [-0.25, -0.2) is 0 Å². The summed E-state index contributed by atoms with van der Waals surface area (Å²) in [6.07, 6.45) is 7.22. The summed E-state index contributed by atoms with van der Waals surface area (Å²) < 4.78 is 0. The highest BCUT2D eigenvalue weighted by atomic mass is 35.5. The maximum Gasteiger partial charge on any atom is 0.108 e. The molecule has 1 nitrogen and oxygen atoms in total. The largest absolute Gasteiger partial charge is 0.257 e. The number of aliphatic imine (C=N–C) groups is 1. The van der Waals surface area contributed by atoms with Crippen LogP contribution in [0.25, 0.3) is 0 Å². The molecule has 0 heterocycles. The predicted molar refractivity (Wildman–Crippen MR) is 97.0 cm³/mol. The third-order valence-corrected chi connectivity index (χ3v) is 7.58. The van der Waals surface area contributed by atoms with Crippen molar-refractivity contribution in [1.29, 1.82) is 0 Å². The van der Waals surface area contributed by atoms with E-state index in [1.165, 1.54) is 31.2 Å². The zero-order chi connectivity index (χ0) is 15.4. The van der Waals surface area contributed by atoms with E-state index in [9.17, 15) is 0 Å². The number of rotatable bonds is 3. The molecule has 4 unspecified atom stereocenters. The third kappa shape index (κ3) is 1.96. The van der Waals surface area contributed by atoms with Crippen molar-refractivity contribution in [3.05, 3.63) is 35.9 Å². The molecule has 22 heavy (non-hydrogen) atoms. The lowest BCUT2D eigenvalue weighted by Crippen LogP contribution is -2.61. The van der Waals surface area contributed by atoms with E-state index < -0.39 is 0 Å². The van der Waals surface area contributed by atoms with E-state index in [1.807, 2.05) is 0 Å². The van der Waals surface area contributed by atoms with Crippen molar-refractivity contribution in [2.75, 3.05) is 5.88 Å². The molecule has 0 saturated heterocycles. The Bertz CT molecular complexity index is 630. The van der Waals surface area contributed by atoms with Crippen LogP contribution in [0, 0.1) is 16.7 Å². The fraction of sp³-hybridized carbons (Fsp3) is 0.579. The molecule has 1 aromatic carbocycles. The quantitative estimate of drug-likeness (QED) is 0.423. The van der Waals surface area contributed by atoms with Crippen LogP contribution in [0.2, 0.25) is 0 Å². The molecular weight excluding hydrogens is 310 g/mol. The molecule has 0 spiro atoms. The highest BCUT2D eigenvalue weighted by Crippen LogP contribution is 2.70. The summed E-state index contributed by atoms with van der Waals surface area (Å²) in [6, 6.07) is 11.0. The molecule has 4 fully saturated rings. The van der Waals surface area contributed by atoms with Crippen LogP contribution in [0.3, 0.4) is 0 Å². The first-order valence-electron chi connectivity index (χ1n) is 8.18. The highest BCUT2D eigenvalue weighted by Gasteiger charge is 2.64. The van der Waals surface area contributed by atoms with Gasteiger partial charge in [0, 0.05) is 11.3 Å². The van der Waals surface area contributed by atoms with E-state index in [0.29, 0.717) is 0 Å². The minimum Gasteiger partial charge on any atom is -0.257 e. The summed E-state index contributed by atoms with van der Waals surface area (Å²) >= 11 is 12.2. The molecule has 0 aliphatic heterocycles. The van der Waals surface area contributed by atoms with Gasteiger partial charge in [-0.2, -0.15) is 0 Å². The standard InChI is InChI=1S/C19H22ClNS/c1-21-16(22)19-9-14-7-17(11-19,13-20)10-18(8-14,12-19)15-5-3-2-4-6-15/h2-6,14H,1,7-13H2. The Hall–Kier alpha value is -0.730.